The maximum absolute atomic E-state index is 9.51. The van der Waals surface area contributed by atoms with E-state index in [0.29, 0.717) is 22.9 Å². The maximum atomic E-state index is 9.51. The molecular formula is C19H18ClN3O2. The van der Waals surface area contributed by atoms with Gasteiger partial charge >= 0.3 is 0 Å². The van der Waals surface area contributed by atoms with Crippen molar-refractivity contribution in [1.82, 2.24) is 9.97 Å². The van der Waals surface area contributed by atoms with Crippen LogP contribution in [0.3, 0.4) is 0 Å². The van der Waals surface area contributed by atoms with Gasteiger partial charge in [0.25, 0.3) is 0 Å². The minimum Gasteiger partial charge on any atom is -0.493 e. The molecule has 0 radical (unpaired) electrons. The normalized spacial score (nSPS) is 10.9. The molecule has 0 atom stereocenters. The second-order valence-corrected chi connectivity index (χ2v) is 5.39. The molecule has 0 aliphatic heterocycles. The molecule has 0 unspecified atom stereocenters. The van der Waals surface area contributed by atoms with Crippen LogP contribution in [-0.4, -0.2) is 24.2 Å². The summed E-state index contributed by atoms with van der Waals surface area (Å²) >= 11 is 0. The highest BCUT2D eigenvalue weighted by Crippen LogP contribution is 2.29. The number of aromatic amines is 1. The predicted molar refractivity (Wildman–Crippen MR) is 101 cm³/mol. The third-order valence-corrected chi connectivity index (χ3v) is 3.73. The monoisotopic (exact) mass is 355 g/mol. The average molecular weight is 356 g/mol. The number of H-pyrrole nitrogens is 1. The van der Waals surface area contributed by atoms with Gasteiger partial charge in [0.1, 0.15) is 11.9 Å². The van der Waals surface area contributed by atoms with Gasteiger partial charge in [0, 0.05) is 0 Å². The van der Waals surface area contributed by atoms with Gasteiger partial charge in [0.15, 0.2) is 11.5 Å². The van der Waals surface area contributed by atoms with Crippen LogP contribution >= 0.6 is 12.4 Å². The lowest BCUT2D eigenvalue weighted by Gasteiger charge is -2.07. The number of nitrogens with zero attached hydrogens (tertiary/aromatic N) is 2. The Morgan fingerprint density at radius 2 is 1.88 bits per heavy atom. The highest BCUT2D eigenvalue weighted by atomic mass is 35.5. The van der Waals surface area contributed by atoms with E-state index < -0.39 is 0 Å². The van der Waals surface area contributed by atoms with Gasteiger partial charge < -0.3 is 14.5 Å². The molecular weight excluding hydrogens is 338 g/mol. The number of aryl methyl sites for hydroxylation is 1. The Morgan fingerprint density at radius 3 is 2.56 bits per heavy atom. The summed E-state index contributed by atoms with van der Waals surface area (Å²) in [5, 5.41) is 9.51. The van der Waals surface area contributed by atoms with Gasteiger partial charge in [-0.25, -0.2) is 4.98 Å². The van der Waals surface area contributed by atoms with E-state index in [9.17, 15) is 5.26 Å². The lowest BCUT2D eigenvalue weighted by Crippen LogP contribution is -1.91. The van der Waals surface area contributed by atoms with Crippen LogP contribution in [-0.2, 0) is 0 Å². The largest absolute Gasteiger partial charge is 0.493 e. The minimum atomic E-state index is 0. The van der Waals surface area contributed by atoms with Gasteiger partial charge in [-0.05, 0) is 48.4 Å². The van der Waals surface area contributed by atoms with E-state index in [0.717, 1.165) is 22.2 Å². The molecule has 0 fully saturated rings. The Morgan fingerprint density at radius 1 is 1.12 bits per heavy atom. The number of hydrogen-bond acceptors (Lipinski definition) is 4. The average Bonchev–Trinajstić information content (AvgIpc) is 3.02. The van der Waals surface area contributed by atoms with Crippen LogP contribution in [0.25, 0.3) is 22.7 Å². The molecule has 0 bridgehead atoms. The molecule has 0 saturated carbocycles. The van der Waals surface area contributed by atoms with Crippen molar-refractivity contribution in [2.75, 3.05) is 14.2 Å². The summed E-state index contributed by atoms with van der Waals surface area (Å²) in [6.45, 7) is 2.02. The van der Waals surface area contributed by atoms with E-state index in [-0.39, 0.29) is 12.4 Å². The number of allylic oxidation sites excluding steroid dienone is 1. The number of halogens is 1. The summed E-state index contributed by atoms with van der Waals surface area (Å²) in [6.07, 6.45) is 1.77. The highest BCUT2D eigenvalue weighted by molar-refractivity contribution is 5.90. The Hall–Kier alpha value is -2.97. The van der Waals surface area contributed by atoms with E-state index >= 15 is 0 Å². The highest BCUT2D eigenvalue weighted by Gasteiger charge is 2.09. The van der Waals surface area contributed by atoms with E-state index in [2.05, 4.69) is 16.0 Å². The second kappa shape index (κ2) is 7.73. The number of ether oxygens (including phenoxy) is 2. The molecule has 3 rings (SSSR count). The van der Waals surface area contributed by atoms with Crippen molar-refractivity contribution >= 4 is 35.1 Å². The molecule has 1 N–H and O–H groups in total. The van der Waals surface area contributed by atoms with E-state index in [1.165, 1.54) is 0 Å². The molecule has 1 aromatic heterocycles. The van der Waals surface area contributed by atoms with Crippen LogP contribution in [0.2, 0.25) is 0 Å². The van der Waals surface area contributed by atoms with Gasteiger partial charge in [-0.3, -0.25) is 0 Å². The Kier molecular flexibility index (Phi) is 5.68. The zero-order chi connectivity index (χ0) is 17.1. The molecule has 6 heteroatoms. The number of hydrogen-bond donors (Lipinski definition) is 1. The van der Waals surface area contributed by atoms with E-state index in [1.807, 2.05) is 43.3 Å². The summed E-state index contributed by atoms with van der Waals surface area (Å²) in [5.74, 6) is 1.81. The first-order valence-corrected chi connectivity index (χ1v) is 7.45. The van der Waals surface area contributed by atoms with Crippen molar-refractivity contribution in [2.24, 2.45) is 0 Å². The van der Waals surface area contributed by atoms with Gasteiger partial charge in [0.05, 0.1) is 30.8 Å². The number of benzene rings is 2. The van der Waals surface area contributed by atoms with Crippen molar-refractivity contribution in [3.8, 4) is 17.6 Å². The summed E-state index contributed by atoms with van der Waals surface area (Å²) in [7, 11) is 3.17. The van der Waals surface area contributed by atoms with Crippen LogP contribution in [0.4, 0.5) is 0 Å². The molecule has 0 saturated heterocycles. The molecule has 5 nitrogen and oxygen atoms in total. The topological polar surface area (TPSA) is 70.9 Å². The molecule has 2 aromatic carbocycles. The lowest BCUT2D eigenvalue weighted by molar-refractivity contribution is 0.355. The number of nitriles is 1. The lowest BCUT2D eigenvalue weighted by atomic mass is 10.1. The SMILES string of the molecule is COc1ccc(/C=C(\C#N)c2nc3ccc(C)cc3[nH]2)cc1OC.Cl. The second-order valence-electron chi connectivity index (χ2n) is 5.39. The van der Waals surface area contributed by atoms with Crippen LogP contribution in [0.1, 0.15) is 17.0 Å². The number of aromatic nitrogens is 2. The molecule has 25 heavy (non-hydrogen) atoms. The zero-order valence-corrected chi connectivity index (χ0v) is 15.0. The van der Waals surface area contributed by atoms with Crippen molar-refractivity contribution in [2.45, 2.75) is 6.92 Å². The fourth-order valence-corrected chi connectivity index (χ4v) is 2.51. The van der Waals surface area contributed by atoms with Crippen molar-refractivity contribution in [1.29, 1.82) is 5.26 Å². The van der Waals surface area contributed by atoms with Gasteiger partial charge in [-0.1, -0.05) is 12.1 Å². The molecule has 0 spiro atoms. The number of nitrogens with one attached hydrogen (secondary N) is 1. The van der Waals surface area contributed by atoms with Gasteiger partial charge in [0.2, 0.25) is 0 Å². The fourth-order valence-electron chi connectivity index (χ4n) is 2.51. The smallest absolute Gasteiger partial charge is 0.161 e. The molecule has 0 amide bonds. The fraction of sp³-hybridized carbons (Fsp3) is 0.158. The number of imidazole rings is 1. The van der Waals surface area contributed by atoms with Crippen LogP contribution in [0.5, 0.6) is 11.5 Å². The zero-order valence-electron chi connectivity index (χ0n) is 14.2. The van der Waals surface area contributed by atoms with Gasteiger partial charge in [-0.15, -0.1) is 12.4 Å². The number of fused-ring (bicyclic) bond motifs is 1. The Balaban J connectivity index is 0.00000225. The number of methoxy groups -OCH3 is 2. The van der Waals surface area contributed by atoms with Crippen molar-refractivity contribution in [3.05, 3.63) is 53.3 Å². The third kappa shape index (κ3) is 3.76. The first-order valence-electron chi connectivity index (χ1n) is 7.45. The molecule has 128 valence electrons. The predicted octanol–water partition coefficient (Wildman–Crippen LogP) is 4.37. The standard InChI is InChI=1S/C19H17N3O2.ClH/c1-12-4-6-15-16(8-12)22-19(21-15)14(11-20)9-13-5-7-17(23-2)18(10-13)24-3;/h4-10H,1-3H3,(H,21,22);1H/b14-9+;. The molecule has 3 aromatic rings. The summed E-state index contributed by atoms with van der Waals surface area (Å²) in [4.78, 5) is 7.70. The quantitative estimate of drug-likeness (QED) is 0.705. The first-order chi connectivity index (χ1) is 11.6. The third-order valence-electron chi connectivity index (χ3n) is 3.73. The minimum absolute atomic E-state index is 0. The summed E-state index contributed by atoms with van der Waals surface area (Å²) in [5.41, 5.74) is 4.18. The van der Waals surface area contributed by atoms with Crippen LogP contribution < -0.4 is 9.47 Å². The molecule has 0 aliphatic rings. The van der Waals surface area contributed by atoms with Crippen LogP contribution in [0, 0.1) is 18.3 Å². The van der Waals surface area contributed by atoms with E-state index in [4.69, 9.17) is 9.47 Å². The Labute approximate surface area is 152 Å². The van der Waals surface area contributed by atoms with Crippen LogP contribution in [0.15, 0.2) is 36.4 Å². The van der Waals surface area contributed by atoms with E-state index in [1.54, 1.807) is 20.3 Å². The number of rotatable bonds is 4. The first kappa shape index (κ1) is 18.4. The van der Waals surface area contributed by atoms with Crippen molar-refractivity contribution < 1.29 is 9.47 Å². The Bertz CT molecular complexity index is 970. The molecule has 0 aliphatic carbocycles. The molecule has 1 heterocycles. The summed E-state index contributed by atoms with van der Waals surface area (Å²) in [6, 6.07) is 13.6. The van der Waals surface area contributed by atoms with Crippen molar-refractivity contribution in [3.63, 3.8) is 0 Å². The van der Waals surface area contributed by atoms with Gasteiger partial charge in [-0.2, -0.15) is 5.26 Å². The maximum Gasteiger partial charge on any atom is 0.161 e. The summed E-state index contributed by atoms with van der Waals surface area (Å²) < 4.78 is 10.5.